The summed E-state index contributed by atoms with van der Waals surface area (Å²) >= 11 is 0. The van der Waals surface area contributed by atoms with Crippen LogP contribution < -0.4 is 0 Å². The van der Waals surface area contributed by atoms with E-state index >= 15 is 0 Å². The van der Waals surface area contributed by atoms with E-state index in [0.717, 1.165) is 0 Å². The van der Waals surface area contributed by atoms with Gasteiger partial charge in [0.15, 0.2) is 0 Å². The second kappa shape index (κ2) is 6.77. The van der Waals surface area contributed by atoms with Gasteiger partial charge in [0.2, 0.25) is 0 Å². The Bertz CT molecular complexity index is 385. The zero-order valence-electron chi connectivity index (χ0n) is 14.1. The Morgan fingerprint density at radius 2 is 1.62 bits per heavy atom. The molecule has 0 bridgehead atoms. The summed E-state index contributed by atoms with van der Waals surface area (Å²) in [6, 6.07) is 0. The van der Waals surface area contributed by atoms with Crippen LogP contribution >= 0.6 is 0 Å². The molecule has 5 unspecified atom stereocenters. The molecule has 1 fully saturated rings. The lowest BCUT2D eigenvalue weighted by molar-refractivity contribution is -0.222. The molecule has 1 saturated heterocycles. The topological polar surface area (TPSA) is 61.8 Å². The van der Waals surface area contributed by atoms with Gasteiger partial charge in [-0.3, -0.25) is 9.59 Å². The number of rotatable bonds is 3. The SMILES string of the molecule is CC(=O)OCC1OC(C(C)(C)C)C(C)C(C)C1OC(C)=O. The number of esters is 2. The Morgan fingerprint density at radius 1 is 1.05 bits per heavy atom. The maximum absolute atomic E-state index is 11.3. The van der Waals surface area contributed by atoms with Gasteiger partial charge in [0.05, 0.1) is 6.10 Å². The van der Waals surface area contributed by atoms with E-state index in [0.29, 0.717) is 0 Å². The molecule has 1 aliphatic heterocycles. The first kappa shape index (κ1) is 18.0. The second-order valence-electron chi connectivity index (χ2n) is 7.06. The molecule has 1 heterocycles. The van der Waals surface area contributed by atoms with E-state index in [9.17, 15) is 9.59 Å². The fraction of sp³-hybridized carbons (Fsp3) is 0.875. The van der Waals surface area contributed by atoms with Gasteiger partial charge in [0, 0.05) is 19.8 Å². The summed E-state index contributed by atoms with van der Waals surface area (Å²) in [5.74, 6) is -0.334. The standard InChI is InChI=1S/C16H28O5/c1-9-10(2)15(16(5,6)7)21-13(8-19-11(3)17)14(9)20-12(4)18/h9-10,13-15H,8H2,1-7H3. The van der Waals surface area contributed by atoms with Crippen LogP contribution in [-0.4, -0.2) is 36.9 Å². The fourth-order valence-electron chi connectivity index (χ4n) is 3.00. The minimum absolute atomic E-state index is 0.0138. The highest BCUT2D eigenvalue weighted by Gasteiger charge is 2.47. The van der Waals surface area contributed by atoms with Crippen LogP contribution in [0.3, 0.4) is 0 Å². The van der Waals surface area contributed by atoms with Crippen LogP contribution in [0.25, 0.3) is 0 Å². The van der Waals surface area contributed by atoms with Gasteiger partial charge in [-0.2, -0.15) is 0 Å². The van der Waals surface area contributed by atoms with Crippen LogP contribution in [0.1, 0.15) is 48.5 Å². The first-order valence-electron chi connectivity index (χ1n) is 7.50. The Balaban J connectivity index is 2.95. The zero-order valence-corrected chi connectivity index (χ0v) is 14.1. The van der Waals surface area contributed by atoms with Crippen LogP contribution in [0.5, 0.6) is 0 Å². The third kappa shape index (κ3) is 4.70. The maximum atomic E-state index is 11.3. The van der Waals surface area contributed by atoms with Gasteiger partial charge in [0.25, 0.3) is 0 Å². The predicted molar refractivity (Wildman–Crippen MR) is 78.6 cm³/mol. The van der Waals surface area contributed by atoms with Gasteiger partial charge >= 0.3 is 11.9 Å². The number of hydrogen-bond donors (Lipinski definition) is 0. The van der Waals surface area contributed by atoms with Gasteiger partial charge in [-0.1, -0.05) is 34.6 Å². The average molecular weight is 300 g/mol. The minimum atomic E-state index is -0.423. The van der Waals surface area contributed by atoms with E-state index < -0.39 is 12.2 Å². The van der Waals surface area contributed by atoms with Crippen molar-refractivity contribution in [3.63, 3.8) is 0 Å². The Kier molecular flexibility index (Phi) is 5.79. The molecule has 0 aromatic heterocycles. The van der Waals surface area contributed by atoms with Crippen molar-refractivity contribution in [2.45, 2.75) is 66.8 Å². The van der Waals surface area contributed by atoms with E-state index in [1.54, 1.807) is 0 Å². The van der Waals surface area contributed by atoms with Crippen molar-refractivity contribution >= 4 is 11.9 Å². The van der Waals surface area contributed by atoms with Crippen molar-refractivity contribution < 1.29 is 23.8 Å². The lowest BCUT2D eigenvalue weighted by Crippen LogP contribution is -2.56. The van der Waals surface area contributed by atoms with Crippen LogP contribution in [0, 0.1) is 17.3 Å². The molecule has 0 aromatic rings. The molecule has 122 valence electrons. The molecule has 0 aromatic carbocycles. The van der Waals surface area contributed by atoms with Crippen LogP contribution in [-0.2, 0) is 23.8 Å². The third-order valence-electron chi connectivity index (χ3n) is 4.12. The first-order valence-corrected chi connectivity index (χ1v) is 7.50. The summed E-state index contributed by atoms with van der Waals surface area (Å²) in [7, 11) is 0. The first-order chi connectivity index (χ1) is 9.54. The molecule has 1 rings (SSSR count). The lowest BCUT2D eigenvalue weighted by atomic mass is 9.72. The highest BCUT2D eigenvalue weighted by Crippen LogP contribution is 2.40. The van der Waals surface area contributed by atoms with Crippen molar-refractivity contribution in [3.8, 4) is 0 Å². The molecule has 21 heavy (non-hydrogen) atoms. The van der Waals surface area contributed by atoms with Crippen molar-refractivity contribution in [1.82, 2.24) is 0 Å². The normalized spacial score (nSPS) is 33.4. The molecule has 0 saturated carbocycles. The summed E-state index contributed by atoms with van der Waals surface area (Å²) in [6.07, 6.45) is -0.802. The van der Waals surface area contributed by atoms with Gasteiger partial charge < -0.3 is 14.2 Å². The molecule has 0 N–H and O–H groups in total. The van der Waals surface area contributed by atoms with Gasteiger partial charge in [-0.05, 0) is 11.3 Å². The fourth-order valence-corrected chi connectivity index (χ4v) is 3.00. The summed E-state index contributed by atoms with van der Waals surface area (Å²) < 4.78 is 16.7. The van der Waals surface area contributed by atoms with Crippen molar-refractivity contribution in [2.24, 2.45) is 17.3 Å². The van der Waals surface area contributed by atoms with Crippen molar-refractivity contribution in [2.75, 3.05) is 6.61 Å². The average Bonchev–Trinajstić information content (AvgIpc) is 2.31. The van der Waals surface area contributed by atoms with E-state index in [2.05, 4.69) is 34.6 Å². The number of ether oxygens (including phenoxy) is 3. The van der Waals surface area contributed by atoms with E-state index in [4.69, 9.17) is 14.2 Å². The lowest BCUT2D eigenvalue weighted by Gasteiger charge is -2.48. The predicted octanol–water partition coefficient (Wildman–Crippen LogP) is 2.57. The zero-order chi connectivity index (χ0) is 16.4. The smallest absolute Gasteiger partial charge is 0.303 e. The Hall–Kier alpha value is -1.10. The maximum Gasteiger partial charge on any atom is 0.303 e. The summed E-state index contributed by atoms with van der Waals surface area (Å²) in [6.45, 7) is 13.4. The molecular weight excluding hydrogens is 272 g/mol. The minimum Gasteiger partial charge on any atom is -0.463 e. The Morgan fingerprint density at radius 3 is 2.05 bits per heavy atom. The quantitative estimate of drug-likeness (QED) is 0.750. The van der Waals surface area contributed by atoms with E-state index in [1.807, 2.05) is 0 Å². The van der Waals surface area contributed by atoms with Crippen molar-refractivity contribution in [3.05, 3.63) is 0 Å². The second-order valence-corrected chi connectivity index (χ2v) is 7.06. The third-order valence-corrected chi connectivity index (χ3v) is 4.12. The van der Waals surface area contributed by atoms with Crippen molar-refractivity contribution in [1.29, 1.82) is 0 Å². The summed E-state index contributed by atoms with van der Waals surface area (Å²) in [5, 5.41) is 0. The molecular formula is C16H28O5. The molecule has 5 heteroatoms. The molecule has 0 aliphatic carbocycles. The highest BCUT2D eigenvalue weighted by atomic mass is 16.6. The van der Waals surface area contributed by atoms with Gasteiger partial charge in [0.1, 0.15) is 18.8 Å². The number of hydrogen-bond acceptors (Lipinski definition) is 5. The van der Waals surface area contributed by atoms with Gasteiger partial charge in [-0.25, -0.2) is 0 Å². The van der Waals surface area contributed by atoms with Crippen LogP contribution in [0.15, 0.2) is 0 Å². The number of carbonyl (C=O) groups excluding carboxylic acids is 2. The molecule has 0 amide bonds. The Labute approximate surface area is 127 Å². The van der Waals surface area contributed by atoms with Crippen LogP contribution in [0.2, 0.25) is 0 Å². The molecule has 0 radical (unpaired) electrons. The molecule has 0 spiro atoms. The highest BCUT2D eigenvalue weighted by molar-refractivity contribution is 5.66. The molecule has 5 atom stereocenters. The molecule has 5 nitrogen and oxygen atoms in total. The molecule has 1 aliphatic rings. The summed E-state index contributed by atoms with van der Waals surface area (Å²) in [4.78, 5) is 22.4. The summed E-state index contributed by atoms with van der Waals surface area (Å²) in [5.41, 5.74) is -0.0383. The van der Waals surface area contributed by atoms with E-state index in [1.165, 1.54) is 13.8 Å². The monoisotopic (exact) mass is 300 g/mol. The van der Waals surface area contributed by atoms with Gasteiger partial charge in [-0.15, -0.1) is 0 Å². The largest absolute Gasteiger partial charge is 0.463 e. The number of carbonyl (C=O) groups is 2. The van der Waals surface area contributed by atoms with Crippen LogP contribution in [0.4, 0.5) is 0 Å². The van der Waals surface area contributed by atoms with E-state index in [-0.39, 0.29) is 41.9 Å².